The maximum absolute atomic E-state index is 5.79. The number of aliphatic imine (C=N–C) groups is 1. The van der Waals surface area contributed by atoms with Crippen molar-refractivity contribution >= 4 is 29.9 Å². The maximum Gasteiger partial charge on any atom is 0.192 e. The zero-order valence-corrected chi connectivity index (χ0v) is 20.0. The maximum atomic E-state index is 5.79. The number of ether oxygens (including phenoxy) is 1. The Bertz CT molecular complexity index is 791. The lowest BCUT2D eigenvalue weighted by molar-refractivity contribution is 0.261. The van der Waals surface area contributed by atoms with Crippen LogP contribution in [0.15, 0.2) is 29.3 Å². The molecule has 1 unspecified atom stereocenters. The molecule has 0 saturated heterocycles. The second kappa shape index (κ2) is 12.0. The summed E-state index contributed by atoms with van der Waals surface area (Å²) in [5.74, 6) is 3.53. The number of aryl methyl sites for hydroxylation is 1. The molecule has 3 rings (SSSR count). The molecule has 0 aliphatic carbocycles. The van der Waals surface area contributed by atoms with Crippen LogP contribution in [-0.4, -0.2) is 33.9 Å². The van der Waals surface area contributed by atoms with E-state index in [2.05, 4.69) is 39.9 Å². The van der Waals surface area contributed by atoms with Crippen LogP contribution in [0.3, 0.4) is 0 Å². The Morgan fingerprint density at radius 1 is 1.24 bits per heavy atom. The molecule has 7 nitrogen and oxygen atoms in total. The van der Waals surface area contributed by atoms with E-state index in [1.54, 1.807) is 0 Å². The highest BCUT2D eigenvalue weighted by Gasteiger charge is 2.22. The van der Waals surface area contributed by atoms with E-state index >= 15 is 0 Å². The number of guanidine groups is 1. The van der Waals surface area contributed by atoms with Crippen molar-refractivity contribution in [2.24, 2.45) is 12.0 Å². The lowest BCUT2D eigenvalue weighted by Crippen LogP contribution is -2.41. The van der Waals surface area contributed by atoms with Gasteiger partial charge in [-0.05, 0) is 19.4 Å². The minimum absolute atomic E-state index is 0. The fraction of sp³-hybridized carbons (Fsp3) is 0.571. The van der Waals surface area contributed by atoms with Gasteiger partial charge in [0.25, 0.3) is 0 Å². The second-order valence-electron chi connectivity index (χ2n) is 7.25. The predicted molar refractivity (Wildman–Crippen MR) is 127 cm³/mol. The van der Waals surface area contributed by atoms with Crippen molar-refractivity contribution < 1.29 is 4.74 Å². The van der Waals surface area contributed by atoms with Gasteiger partial charge in [0, 0.05) is 25.6 Å². The number of unbranched alkanes of at least 4 members (excludes halogenated alkanes) is 3. The number of nitrogens with one attached hydrogen (secondary N) is 2. The lowest BCUT2D eigenvalue weighted by atomic mass is 10.0. The Hall–Kier alpha value is -1.84. The normalized spacial score (nSPS) is 15.8. The molecular formula is C21H33IN6O. The molecular weight excluding hydrogens is 479 g/mol. The van der Waals surface area contributed by atoms with E-state index in [1.165, 1.54) is 24.8 Å². The zero-order chi connectivity index (χ0) is 19.8. The highest BCUT2D eigenvalue weighted by Crippen LogP contribution is 2.31. The van der Waals surface area contributed by atoms with E-state index in [4.69, 9.17) is 9.73 Å². The molecule has 29 heavy (non-hydrogen) atoms. The predicted octanol–water partition coefficient (Wildman–Crippen LogP) is 3.88. The van der Waals surface area contributed by atoms with Gasteiger partial charge in [0.2, 0.25) is 0 Å². The van der Waals surface area contributed by atoms with E-state index in [1.807, 2.05) is 30.7 Å². The molecule has 0 radical (unpaired) electrons. The molecule has 0 saturated carbocycles. The molecule has 1 aliphatic heterocycles. The summed E-state index contributed by atoms with van der Waals surface area (Å²) < 4.78 is 7.76. The molecule has 1 aromatic heterocycles. The summed E-state index contributed by atoms with van der Waals surface area (Å²) in [7, 11) is 1.97. The van der Waals surface area contributed by atoms with Gasteiger partial charge in [-0.15, -0.1) is 34.2 Å². The summed E-state index contributed by atoms with van der Waals surface area (Å²) in [6.45, 7) is 6.29. The van der Waals surface area contributed by atoms with E-state index in [-0.39, 0.29) is 30.0 Å². The minimum atomic E-state index is 0. The van der Waals surface area contributed by atoms with Crippen LogP contribution < -0.4 is 15.4 Å². The van der Waals surface area contributed by atoms with Gasteiger partial charge in [-0.3, -0.25) is 0 Å². The molecule has 0 fully saturated rings. The monoisotopic (exact) mass is 512 g/mol. The molecule has 1 aromatic carbocycles. The Balaban J connectivity index is 0.00000300. The number of halogens is 1. The number of para-hydroxylation sites is 1. The van der Waals surface area contributed by atoms with Crippen LogP contribution in [0.25, 0.3) is 0 Å². The average Bonchev–Trinajstić information content (AvgIpc) is 3.04. The smallest absolute Gasteiger partial charge is 0.192 e. The Morgan fingerprint density at radius 2 is 2.07 bits per heavy atom. The first kappa shape index (κ1) is 23.4. The van der Waals surface area contributed by atoms with Gasteiger partial charge in [0.1, 0.15) is 18.1 Å². The number of benzene rings is 1. The first-order chi connectivity index (χ1) is 13.7. The number of hydrogen-bond acceptors (Lipinski definition) is 4. The fourth-order valence-electron chi connectivity index (χ4n) is 3.31. The van der Waals surface area contributed by atoms with E-state index < -0.39 is 0 Å². The van der Waals surface area contributed by atoms with Gasteiger partial charge < -0.3 is 19.9 Å². The summed E-state index contributed by atoms with van der Waals surface area (Å²) in [6, 6.07) is 8.41. The molecule has 2 N–H and O–H groups in total. The third-order valence-electron chi connectivity index (χ3n) is 5.15. The fourth-order valence-corrected chi connectivity index (χ4v) is 3.31. The van der Waals surface area contributed by atoms with E-state index in [0.717, 1.165) is 42.7 Å². The van der Waals surface area contributed by atoms with Gasteiger partial charge >= 0.3 is 0 Å². The Kier molecular flexibility index (Phi) is 9.69. The van der Waals surface area contributed by atoms with Crippen molar-refractivity contribution in [2.45, 2.75) is 58.5 Å². The van der Waals surface area contributed by atoms with Crippen LogP contribution in [0.1, 0.15) is 62.3 Å². The Morgan fingerprint density at radius 3 is 2.83 bits per heavy atom. The van der Waals surface area contributed by atoms with Gasteiger partial charge in [-0.1, -0.05) is 44.4 Å². The van der Waals surface area contributed by atoms with Crippen LogP contribution in [0.4, 0.5) is 0 Å². The highest BCUT2D eigenvalue weighted by atomic mass is 127. The Labute approximate surface area is 190 Å². The van der Waals surface area contributed by atoms with Crippen LogP contribution >= 0.6 is 24.0 Å². The third-order valence-corrected chi connectivity index (χ3v) is 5.15. The first-order valence-electron chi connectivity index (χ1n) is 10.3. The van der Waals surface area contributed by atoms with Crippen LogP contribution in [0, 0.1) is 6.92 Å². The molecule has 2 aromatic rings. The topological polar surface area (TPSA) is 76.4 Å². The molecule has 1 atom stereocenters. The minimum Gasteiger partial charge on any atom is -0.493 e. The summed E-state index contributed by atoms with van der Waals surface area (Å²) in [5.41, 5.74) is 1.18. The number of hydrogen-bond donors (Lipinski definition) is 2. The third kappa shape index (κ3) is 6.58. The largest absolute Gasteiger partial charge is 0.493 e. The van der Waals surface area contributed by atoms with Gasteiger partial charge in [-0.2, -0.15) is 0 Å². The summed E-state index contributed by atoms with van der Waals surface area (Å²) in [6.07, 6.45) is 5.80. The quantitative estimate of drug-likeness (QED) is 0.243. The summed E-state index contributed by atoms with van der Waals surface area (Å²) >= 11 is 0. The molecule has 0 spiro atoms. The van der Waals surface area contributed by atoms with Gasteiger partial charge in [0.05, 0.1) is 12.6 Å². The van der Waals surface area contributed by atoms with Gasteiger partial charge in [-0.25, -0.2) is 4.99 Å². The van der Waals surface area contributed by atoms with Crippen molar-refractivity contribution in [2.75, 3.05) is 13.2 Å². The standard InChI is InChI=1S/C21H32N6O.HI/c1-4-5-6-9-13-22-21(23-15-20-26-25-16(2)27(20)3)24-18-12-14-28-19-11-8-7-10-17(18)19;/h7-8,10-11,18H,4-6,9,12-15H2,1-3H3,(H2,22,23,24);1H. The number of aromatic nitrogens is 3. The van der Waals surface area contributed by atoms with E-state index in [9.17, 15) is 0 Å². The lowest BCUT2D eigenvalue weighted by Gasteiger charge is -2.28. The SMILES string of the molecule is CCCCCCNC(=NCc1nnc(C)n1C)NC1CCOc2ccccc21.I. The van der Waals surface area contributed by atoms with Crippen LogP contribution in [-0.2, 0) is 13.6 Å². The first-order valence-corrected chi connectivity index (χ1v) is 10.3. The molecule has 8 heteroatoms. The van der Waals surface area contributed by atoms with Crippen LogP contribution in [0.2, 0.25) is 0 Å². The molecule has 160 valence electrons. The van der Waals surface area contributed by atoms with Crippen molar-refractivity contribution in [1.29, 1.82) is 0 Å². The average molecular weight is 512 g/mol. The molecule has 2 heterocycles. The molecule has 1 aliphatic rings. The van der Waals surface area contributed by atoms with Crippen molar-refractivity contribution in [1.82, 2.24) is 25.4 Å². The molecule has 0 bridgehead atoms. The van der Waals surface area contributed by atoms with Crippen molar-refractivity contribution in [3.63, 3.8) is 0 Å². The van der Waals surface area contributed by atoms with Crippen molar-refractivity contribution in [3.8, 4) is 5.75 Å². The van der Waals surface area contributed by atoms with Gasteiger partial charge in [0.15, 0.2) is 11.8 Å². The molecule has 0 amide bonds. The number of rotatable bonds is 8. The van der Waals surface area contributed by atoms with Crippen molar-refractivity contribution in [3.05, 3.63) is 41.5 Å². The highest BCUT2D eigenvalue weighted by molar-refractivity contribution is 14.0. The van der Waals surface area contributed by atoms with E-state index in [0.29, 0.717) is 13.2 Å². The van der Waals surface area contributed by atoms with Crippen LogP contribution in [0.5, 0.6) is 5.75 Å². The zero-order valence-electron chi connectivity index (χ0n) is 17.6. The number of fused-ring (bicyclic) bond motifs is 1. The number of nitrogens with zero attached hydrogens (tertiary/aromatic N) is 4. The second-order valence-corrected chi connectivity index (χ2v) is 7.25. The summed E-state index contributed by atoms with van der Waals surface area (Å²) in [4.78, 5) is 4.78. The summed E-state index contributed by atoms with van der Waals surface area (Å²) in [5, 5.41) is 15.4.